The Bertz CT molecular complexity index is 428. The third kappa shape index (κ3) is 3.24. The van der Waals surface area contributed by atoms with Gasteiger partial charge in [-0.15, -0.1) is 0 Å². The number of esters is 1. The van der Waals surface area contributed by atoms with E-state index in [0.717, 1.165) is 11.3 Å². The Balaban J connectivity index is 2.93. The van der Waals surface area contributed by atoms with Crippen molar-refractivity contribution in [3.8, 4) is 0 Å². The number of hydrogen-bond donors (Lipinski definition) is 2. The summed E-state index contributed by atoms with van der Waals surface area (Å²) in [6, 6.07) is -0.620. The van der Waals surface area contributed by atoms with Crippen LogP contribution in [0.2, 0.25) is 0 Å². The minimum absolute atomic E-state index is 0.335. The molecule has 17 heavy (non-hydrogen) atoms. The maximum absolute atomic E-state index is 11.4. The molecule has 3 N–H and O–H groups in total. The third-order valence-electron chi connectivity index (χ3n) is 2.05. The number of rotatable bonds is 4. The van der Waals surface area contributed by atoms with Gasteiger partial charge in [-0.1, -0.05) is 18.3 Å². The first-order valence-corrected chi connectivity index (χ1v) is 5.95. The molecule has 0 radical (unpaired) electrons. The molecule has 1 amide bonds. The van der Waals surface area contributed by atoms with Crippen LogP contribution in [0.4, 0.5) is 5.13 Å². The lowest BCUT2D eigenvalue weighted by molar-refractivity contribution is -0.117. The number of carbonyl (C=O) groups is 2. The van der Waals surface area contributed by atoms with Crippen molar-refractivity contribution >= 4 is 28.3 Å². The van der Waals surface area contributed by atoms with E-state index in [-0.39, 0.29) is 5.91 Å². The SMILES string of the molecule is CCc1nc(NC(=O)C(C)N)sc1C(=O)OC. The average Bonchev–Trinajstić information content (AvgIpc) is 2.70. The second-order valence-corrected chi connectivity index (χ2v) is 4.42. The summed E-state index contributed by atoms with van der Waals surface area (Å²) >= 11 is 1.09. The highest BCUT2D eigenvalue weighted by atomic mass is 32.1. The van der Waals surface area contributed by atoms with E-state index in [0.29, 0.717) is 22.1 Å². The molecule has 94 valence electrons. The lowest BCUT2D eigenvalue weighted by Gasteiger charge is -2.03. The van der Waals surface area contributed by atoms with Crippen molar-refractivity contribution in [1.82, 2.24) is 4.98 Å². The van der Waals surface area contributed by atoms with Gasteiger partial charge in [0, 0.05) is 0 Å². The maximum atomic E-state index is 11.4. The van der Waals surface area contributed by atoms with Crippen LogP contribution in [0, 0.1) is 0 Å². The zero-order valence-electron chi connectivity index (χ0n) is 9.94. The van der Waals surface area contributed by atoms with E-state index in [2.05, 4.69) is 15.0 Å². The van der Waals surface area contributed by atoms with Gasteiger partial charge >= 0.3 is 5.97 Å². The van der Waals surface area contributed by atoms with Crippen LogP contribution >= 0.6 is 11.3 Å². The maximum Gasteiger partial charge on any atom is 0.350 e. The fraction of sp³-hybridized carbons (Fsp3) is 0.500. The predicted molar refractivity (Wildman–Crippen MR) is 65.1 cm³/mol. The van der Waals surface area contributed by atoms with Gasteiger partial charge < -0.3 is 15.8 Å². The van der Waals surface area contributed by atoms with Gasteiger partial charge in [0.1, 0.15) is 4.88 Å². The Morgan fingerprint density at radius 2 is 2.24 bits per heavy atom. The number of nitrogens with zero attached hydrogens (tertiary/aromatic N) is 1. The van der Waals surface area contributed by atoms with Crippen LogP contribution in [-0.4, -0.2) is 30.0 Å². The lowest BCUT2D eigenvalue weighted by Crippen LogP contribution is -2.32. The largest absolute Gasteiger partial charge is 0.465 e. The topological polar surface area (TPSA) is 94.3 Å². The monoisotopic (exact) mass is 257 g/mol. The predicted octanol–water partition coefficient (Wildman–Crippen LogP) is 0.778. The number of nitrogens with two attached hydrogens (primary N) is 1. The van der Waals surface area contributed by atoms with Gasteiger partial charge in [0.15, 0.2) is 5.13 Å². The molecule has 0 aliphatic rings. The molecular formula is C10H15N3O3S. The number of aromatic nitrogens is 1. The van der Waals surface area contributed by atoms with E-state index in [1.165, 1.54) is 7.11 Å². The smallest absolute Gasteiger partial charge is 0.350 e. The molecular weight excluding hydrogens is 242 g/mol. The van der Waals surface area contributed by atoms with Crippen LogP contribution < -0.4 is 11.1 Å². The lowest BCUT2D eigenvalue weighted by atomic mass is 10.3. The van der Waals surface area contributed by atoms with Crippen molar-refractivity contribution in [2.75, 3.05) is 12.4 Å². The Hall–Kier alpha value is -1.47. The van der Waals surface area contributed by atoms with Crippen LogP contribution in [0.25, 0.3) is 0 Å². The van der Waals surface area contributed by atoms with Gasteiger partial charge in [0.2, 0.25) is 5.91 Å². The molecule has 1 rings (SSSR count). The zero-order valence-corrected chi connectivity index (χ0v) is 10.8. The number of thiazole rings is 1. The summed E-state index contributed by atoms with van der Waals surface area (Å²) in [6.07, 6.45) is 0.592. The molecule has 0 bridgehead atoms. The van der Waals surface area contributed by atoms with Gasteiger partial charge in [-0.3, -0.25) is 4.79 Å². The molecule has 0 aromatic carbocycles. The summed E-state index contributed by atoms with van der Waals surface area (Å²) in [7, 11) is 1.31. The van der Waals surface area contributed by atoms with Crippen LogP contribution in [0.5, 0.6) is 0 Å². The van der Waals surface area contributed by atoms with Crippen molar-refractivity contribution in [2.24, 2.45) is 5.73 Å². The minimum atomic E-state index is -0.620. The average molecular weight is 257 g/mol. The summed E-state index contributed by atoms with van der Waals surface area (Å²) < 4.78 is 4.64. The number of anilines is 1. The molecule has 1 aromatic rings. The normalized spacial score (nSPS) is 12.0. The Morgan fingerprint density at radius 3 is 2.71 bits per heavy atom. The molecule has 6 nitrogen and oxygen atoms in total. The summed E-state index contributed by atoms with van der Waals surface area (Å²) in [5.74, 6) is -0.779. The van der Waals surface area contributed by atoms with Gasteiger partial charge in [0.25, 0.3) is 0 Å². The molecule has 7 heteroatoms. The number of amides is 1. The quantitative estimate of drug-likeness (QED) is 0.777. The summed E-state index contributed by atoms with van der Waals surface area (Å²) in [5, 5.41) is 2.92. The molecule has 1 unspecified atom stereocenters. The number of hydrogen-bond acceptors (Lipinski definition) is 6. The highest BCUT2D eigenvalue weighted by Gasteiger charge is 2.19. The minimum Gasteiger partial charge on any atom is -0.465 e. The number of nitrogens with one attached hydrogen (secondary N) is 1. The third-order valence-corrected chi connectivity index (χ3v) is 3.04. The van der Waals surface area contributed by atoms with Gasteiger partial charge in [-0.05, 0) is 13.3 Å². The first kappa shape index (κ1) is 13.6. The number of aryl methyl sites for hydroxylation is 1. The molecule has 0 saturated carbocycles. The Kier molecular flexibility index (Phi) is 4.59. The number of carbonyl (C=O) groups excluding carboxylic acids is 2. The fourth-order valence-electron chi connectivity index (χ4n) is 1.12. The highest BCUT2D eigenvalue weighted by Crippen LogP contribution is 2.24. The van der Waals surface area contributed by atoms with Crippen LogP contribution in [0.3, 0.4) is 0 Å². The van der Waals surface area contributed by atoms with Gasteiger partial charge in [-0.2, -0.15) is 0 Å². The second kappa shape index (κ2) is 5.74. The summed E-state index contributed by atoms with van der Waals surface area (Å²) in [5.41, 5.74) is 6.03. The fourth-order valence-corrected chi connectivity index (χ4v) is 2.09. The highest BCUT2D eigenvalue weighted by molar-refractivity contribution is 7.17. The van der Waals surface area contributed by atoms with Crippen molar-refractivity contribution < 1.29 is 14.3 Å². The number of ether oxygens (including phenoxy) is 1. The van der Waals surface area contributed by atoms with E-state index >= 15 is 0 Å². The first-order valence-electron chi connectivity index (χ1n) is 5.14. The molecule has 0 saturated heterocycles. The van der Waals surface area contributed by atoms with Gasteiger partial charge in [-0.25, -0.2) is 9.78 Å². The molecule has 0 aliphatic heterocycles. The van der Waals surface area contributed by atoms with E-state index in [1.807, 2.05) is 6.92 Å². The van der Waals surface area contributed by atoms with E-state index < -0.39 is 12.0 Å². The van der Waals surface area contributed by atoms with E-state index in [4.69, 9.17) is 5.73 Å². The molecule has 1 atom stereocenters. The molecule has 0 aliphatic carbocycles. The standard InChI is InChI=1S/C10H15N3O3S/c1-4-6-7(9(15)16-3)17-10(12-6)13-8(14)5(2)11/h5H,4,11H2,1-3H3,(H,12,13,14). The van der Waals surface area contributed by atoms with Crippen LogP contribution in [0.15, 0.2) is 0 Å². The molecule has 0 spiro atoms. The second-order valence-electron chi connectivity index (χ2n) is 3.42. The van der Waals surface area contributed by atoms with Crippen molar-refractivity contribution in [1.29, 1.82) is 0 Å². The van der Waals surface area contributed by atoms with Gasteiger partial charge in [0.05, 0.1) is 18.8 Å². The van der Waals surface area contributed by atoms with E-state index in [1.54, 1.807) is 6.92 Å². The van der Waals surface area contributed by atoms with E-state index in [9.17, 15) is 9.59 Å². The summed E-state index contributed by atoms with van der Waals surface area (Å²) in [4.78, 5) is 27.4. The van der Waals surface area contributed by atoms with Crippen LogP contribution in [0.1, 0.15) is 29.2 Å². The van der Waals surface area contributed by atoms with Crippen molar-refractivity contribution in [3.05, 3.63) is 10.6 Å². The zero-order chi connectivity index (χ0) is 13.0. The molecule has 0 fully saturated rings. The van der Waals surface area contributed by atoms with Crippen molar-refractivity contribution in [3.63, 3.8) is 0 Å². The Morgan fingerprint density at radius 1 is 1.59 bits per heavy atom. The summed E-state index contributed by atoms with van der Waals surface area (Å²) in [6.45, 7) is 3.45. The molecule has 1 heterocycles. The first-order chi connectivity index (χ1) is 7.99. The van der Waals surface area contributed by atoms with Crippen molar-refractivity contribution in [2.45, 2.75) is 26.3 Å². The number of methoxy groups -OCH3 is 1. The molecule has 1 aromatic heterocycles. The Labute approximate surface area is 103 Å². The van der Waals surface area contributed by atoms with Crippen LogP contribution in [-0.2, 0) is 16.0 Å².